The van der Waals surface area contributed by atoms with Gasteiger partial charge in [-0.05, 0) is 24.3 Å². The summed E-state index contributed by atoms with van der Waals surface area (Å²) in [6.07, 6.45) is 4.04. The van der Waals surface area contributed by atoms with E-state index in [0.29, 0.717) is 17.5 Å². The number of carbonyl (C=O) groups is 4. The first-order valence-corrected chi connectivity index (χ1v) is 10.9. The molecular formula is C22H21NO7S. The van der Waals surface area contributed by atoms with Crippen LogP contribution in [0.1, 0.15) is 35.6 Å². The van der Waals surface area contributed by atoms with Crippen molar-refractivity contribution in [2.45, 2.75) is 31.7 Å². The van der Waals surface area contributed by atoms with Gasteiger partial charge in [0.15, 0.2) is 6.04 Å². The van der Waals surface area contributed by atoms with Crippen molar-refractivity contribution in [3.8, 4) is 0 Å². The number of thioether (sulfide) groups is 1. The maximum atomic E-state index is 13.1. The number of amides is 1. The van der Waals surface area contributed by atoms with Crippen molar-refractivity contribution in [1.29, 1.82) is 0 Å². The van der Waals surface area contributed by atoms with E-state index in [1.165, 1.54) is 29.8 Å². The van der Waals surface area contributed by atoms with Crippen LogP contribution in [-0.2, 0) is 28.6 Å². The van der Waals surface area contributed by atoms with E-state index in [9.17, 15) is 19.2 Å². The smallest absolute Gasteiger partial charge is 0.342 e. The molecule has 0 spiro atoms. The fourth-order valence-corrected chi connectivity index (χ4v) is 4.94. The number of hydrogen-bond acceptors (Lipinski definition) is 8. The predicted molar refractivity (Wildman–Crippen MR) is 111 cm³/mol. The van der Waals surface area contributed by atoms with Crippen molar-refractivity contribution < 1.29 is 33.4 Å². The van der Waals surface area contributed by atoms with Gasteiger partial charge in [-0.25, -0.2) is 14.4 Å². The van der Waals surface area contributed by atoms with Gasteiger partial charge in [-0.2, -0.15) is 0 Å². The molecule has 3 unspecified atom stereocenters. The lowest BCUT2D eigenvalue weighted by molar-refractivity contribution is -0.179. The quantitative estimate of drug-likeness (QED) is 0.360. The number of cyclic esters (lactones) is 1. The number of methoxy groups -OCH3 is 1. The first-order chi connectivity index (χ1) is 15.0. The van der Waals surface area contributed by atoms with Gasteiger partial charge in [-0.15, -0.1) is 11.8 Å². The van der Waals surface area contributed by atoms with E-state index in [2.05, 4.69) is 4.74 Å². The normalized spacial score (nSPS) is 26.1. The van der Waals surface area contributed by atoms with Gasteiger partial charge in [0, 0.05) is 16.5 Å². The highest BCUT2D eigenvalue weighted by molar-refractivity contribution is 8.03. The van der Waals surface area contributed by atoms with Gasteiger partial charge in [0.25, 0.3) is 6.29 Å². The Morgan fingerprint density at radius 3 is 2.77 bits per heavy atom. The van der Waals surface area contributed by atoms with Crippen LogP contribution in [0.5, 0.6) is 0 Å². The zero-order valence-corrected chi connectivity index (χ0v) is 17.8. The second-order valence-electron chi connectivity index (χ2n) is 7.17. The van der Waals surface area contributed by atoms with Crippen molar-refractivity contribution in [2.75, 3.05) is 12.9 Å². The van der Waals surface area contributed by atoms with Gasteiger partial charge >= 0.3 is 17.9 Å². The highest BCUT2D eigenvalue weighted by atomic mass is 32.2. The molecule has 3 heterocycles. The minimum Gasteiger partial charge on any atom is -0.466 e. The summed E-state index contributed by atoms with van der Waals surface area (Å²) in [7, 11) is 1.28. The lowest BCUT2D eigenvalue weighted by Gasteiger charge is -2.44. The average Bonchev–Trinajstić information content (AvgIpc) is 3.27. The molecule has 0 aromatic heterocycles. The maximum absolute atomic E-state index is 13.1. The summed E-state index contributed by atoms with van der Waals surface area (Å²) in [5, 5.41) is 0. The first-order valence-electron chi connectivity index (χ1n) is 9.87. The maximum Gasteiger partial charge on any atom is 0.342 e. The van der Waals surface area contributed by atoms with E-state index in [-0.39, 0.29) is 17.9 Å². The van der Waals surface area contributed by atoms with Gasteiger partial charge in [-0.3, -0.25) is 4.79 Å². The van der Waals surface area contributed by atoms with E-state index < -0.39 is 30.2 Å². The number of nitrogens with zero attached hydrogens (tertiary/aromatic N) is 1. The molecule has 1 fully saturated rings. The average molecular weight is 443 g/mol. The monoisotopic (exact) mass is 443 g/mol. The van der Waals surface area contributed by atoms with Crippen LogP contribution in [0, 0.1) is 5.92 Å². The van der Waals surface area contributed by atoms with Crippen molar-refractivity contribution in [3.05, 3.63) is 58.5 Å². The molecule has 31 heavy (non-hydrogen) atoms. The number of rotatable bonds is 7. The Morgan fingerprint density at radius 1 is 1.26 bits per heavy atom. The molecule has 162 valence electrons. The molecule has 1 aromatic rings. The molecular weight excluding hydrogens is 422 g/mol. The summed E-state index contributed by atoms with van der Waals surface area (Å²) < 4.78 is 15.3. The number of ether oxygens (including phenoxy) is 3. The minimum atomic E-state index is -1.13. The molecule has 3 aliphatic rings. The Kier molecular flexibility index (Phi) is 5.86. The second-order valence-corrected chi connectivity index (χ2v) is 8.51. The topological polar surface area (TPSA) is 99.2 Å². The lowest BCUT2D eigenvalue weighted by atomic mass is 9.86. The number of esters is 3. The SMILES string of the molecule is CCSC1=CC2C(CC=CC(=O)OC)C(=O)N2[C@H]1C(=O)OC1OC(=O)c2ccccc21. The van der Waals surface area contributed by atoms with E-state index in [0.717, 1.165) is 10.7 Å². The number of carbonyl (C=O) groups excluding carboxylic acids is 4. The number of allylic oxidation sites excluding steroid dienone is 1. The third-order valence-electron chi connectivity index (χ3n) is 5.44. The molecule has 0 saturated carbocycles. The van der Waals surface area contributed by atoms with Crippen LogP contribution < -0.4 is 0 Å². The molecule has 9 heteroatoms. The summed E-state index contributed by atoms with van der Waals surface area (Å²) in [6, 6.07) is 5.61. The van der Waals surface area contributed by atoms with Crippen molar-refractivity contribution >= 4 is 35.6 Å². The summed E-state index contributed by atoms with van der Waals surface area (Å²) in [4.78, 5) is 51.3. The van der Waals surface area contributed by atoms with Crippen molar-refractivity contribution in [2.24, 2.45) is 5.92 Å². The van der Waals surface area contributed by atoms with Crippen LogP contribution in [0.3, 0.4) is 0 Å². The summed E-state index contributed by atoms with van der Waals surface area (Å²) >= 11 is 1.47. The minimum absolute atomic E-state index is 0.187. The molecule has 8 nitrogen and oxygen atoms in total. The first kappa shape index (κ1) is 21.2. The number of hydrogen-bond donors (Lipinski definition) is 0. The molecule has 0 radical (unpaired) electrons. The summed E-state index contributed by atoms with van der Waals surface area (Å²) in [5.74, 6) is -1.49. The summed E-state index contributed by atoms with van der Waals surface area (Å²) in [6.45, 7) is 1.96. The van der Waals surface area contributed by atoms with E-state index in [1.807, 2.05) is 13.0 Å². The standard InChI is InChI=1S/C22H21NO7S/c1-3-31-16-11-15-14(9-6-10-17(24)28-2)19(25)23(15)18(16)21(27)30-22-13-8-5-4-7-12(13)20(26)29-22/h4-8,10-11,14-15,18,22H,3,9H2,1-2H3/t14?,15?,18-,22?/m1/s1. The zero-order valence-electron chi connectivity index (χ0n) is 17.0. The highest BCUT2D eigenvalue weighted by Gasteiger charge is 2.56. The van der Waals surface area contributed by atoms with E-state index in [1.54, 1.807) is 30.3 Å². The predicted octanol–water partition coefficient (Wildman–Crippen LogP) is 2.36. The Balaban J connectivity index is 1.48. The lowest BCUT2D eigenvalue weighted by Crippen LogP contribution is -2.62. The largest absolute Gasteiger partial charge is 0.466 e. The summed E-state index contributed by atoms with van der Waals surface area (Å²) in [5.41, 5.74) is 0.852. The number of benzene rings is 1. The van der Waals surface area contributed by atoms with Crippen LogP contribution in [0.25, 0.3) is 0 Å². The Bertz CT molecular complexity index is 1000. The third-order valence-corrected chi connectivity index (χ3v) is 6.42. The second kappa shape index (κ2) is 8.58. The van der Waals surface area contributed by atoms with Crippen LogP contribution in [0.2, 0.25) is 0 Å². The Hall–Kier alpha value is -3.07. The number of β-lactam (4-membered cyclic amide) rings is 1. The van der Waals surface area contributed by atoms with Gasteiger partial charge in [0.1, 0.15) is 0 Å². The van der Waals surface area contributed by atoms with E-state index in [4.69, 9.17) is 9.47 Å². The Labute approximate surface area is 183 Å². The van der Waals surface area contributed by atoms with Crippen LogP contribution >= 0.6 is 11.8 Å². The molecule has 4 rings (SSSR count). The molecule has 4 atom stereocenters. The molecule has 3 aliphatic heterocycles. The van der Waals surface area contributed by atoms with Gasteiger partial charge in [0.2, 0.25) is 5.91 Å². The highest BCUT2D eigenvalue weighted by Crippen LogP contribution is 2.45. The van der Waals surface area contributed by atoms with Crippen molar-refractivity contribution in [3.63, 3.8) is 0 Å². The molecule has 1 aromatic carbocycles. The fraction of sp³-hybridized carbons (Fsp3) is 0.364. The fourth-order valence-electron chi connectivity index (χ4n) is 4.00. The van der Waals surface area contributed by atoms with Crippen LogP contribution in [0.15, 0.2) is 47.4 Å². The molecule has 1 amide bonds. The zero-order chi connectivity index (χ0) is 22.1. The van der Waals surface area contributed by atoms with Gasteiger partial charge in [-0.1, -0.05) is 31.2 Å². The molecule has 1 saturated heterocycles. The van der Waals surface area contributed by atoms with Gasteiger partial charge in [0.05, 0.1) is 24.6 Å². The molecule has 0 aliphatic carbocycles. The third kappa shape index (κ3) is 3.74. The van der Waals surface area contributed by atoms with Crippen LogP contribution in [-0.4, -0.2) is 53.7 Å². The van der Waals surface area contributed by atoms with E-state index >= 15 is 0 Å². The van der Waals surface area contributed by atoms with Crippen LogP contribution in [0.4, 0.5) is 0 Å². The Morgan fingerprint density at radius 2 is 2.03 bits per heavy atom. The number of fused-ring (bicyclic) bond motifs is 2. The van der Waals surface area contributed by atoms with Crippen molar-refractivity contribution in [1.82, 2.24) is 4.90 Å². The van der Waals surface area contributed by atoms with Gasteiger partial charge < -0.3 is 19.1 Å². The molecule has 0 bridgehead atoms. The molecule has 0 N–H and O–H groups in total.